The Morgan fingerprint density at radius 3 is 2.22 bits per heavy atom. The molecule has 0 spiro atoms. The molecule has 0 radical (unpaired) electrons. The molecule has 2 amide bonds. The van der Waals surface area contributed by atoms with Gasteiger partial charge in [-0.05, 0) is 31.9 Å². The Bertz CT molecular complexity index is 511. The van der Waals surface area contributed by atoms with E-state index >= 15 is 0 Å². The molecule has 6 nitrogen and oxygen atoms in total. The lowest BCUT2D eigenvalue weighted by Crippen LogP contribution is -2.30. The number of benzene rings is 1. The fourth-order valence-corrected chi connectivity index (χ4v) is 1.58. The van der Waals surface area contributed by atoms with Crippen molar-refractivity contribution in [3.8, 4) is 0 Å². The molecule has 0 aliphatic heterocycles. The highest BCUT2D eigenvalue weighted by Crippen LogP contribution is 2.00. The molecule has 0 bridgehead atoms. The number of carbonyl (C=O) groups excluding carboxylic acids is 2. The quantitative estimate of drug-likeness (QED) is 0.570. The van der Waals surface area contributed by atoms with Gasteiger partial charge in [0.2, 0.25) is 0 Å². The second-order valence-electron chi connectivity index (χ2n) is 5.15. The summed E-state index contributed by atoms with van der Waals surface area (Å²) in [7, 11) is 0. The van der Waals surface area contributed by atoms with Gasteiger partial charge in [-0.3, -0.25) is 0 Å². The van der Waals surface area contributed by atoms with Crippen LogP contribution in [0.2, 0.25) is 0 Å². The van der Waals surface area contributed by atoms with Crippen LogP contribution < -0.4 is 10.6 Å². The zero-order valence-corrected chi connectivity index (χ0v) is 13.6. The fourth-order valence-electron chi connectivity index (χ4n) is 1.58. The molecule has 0 aromatic heterocycles. The minimum absolute atomic E-state index is 0.238. The highest BCUT2D eigenvalue weighted by Gasteiger charge is 2.03. The number of ether oxygens (including phenoxy) is 2. The van der Waals surface area contributed by atoms with Crippen molar-refractivity contribution < 1.29 is 19.1 Å². The maximum Gasteiger partial charge on any atom is 0.407 e. The molecule has 0 aliphatic carbocycles. The minimum atomic E-state index is -0.472. The summed E-state index contributed by atoms with van der Waals surface area (Å²) < 4.78 is 9.99. The monoisotopic (exact) mass is 320 g/mol. The number of amides is 2. The van der Waals surface area contributed by atoms with Crippen LogP contribution in [0.4, 0.5) is 9.59 Å². The first kappa shape index (κ1) is 18.5. The Balaban J connectivity index is 2.00. The smallest absolute Gasteiger partial charge is 0.407 e. The molecule has 0 saturated heterocycles. The Kier molecular flexibility index (Phi) is 8.97. The van der Waals surface area contributed by atoms with E-state index in [0.29, 0.717) is 19.5 Å². The van der Waals surface area contributed by atoms with Gasteiger partial charge in [-0.15, -0.1) is 0 Å². The molecule has 1 rings (SSSR count). The van der Waals surface area contributed by atoms with Crippen LogP contribution in [0.5, 0.6) is 0 Å². The third kappa shape index (κ3) is 9.95. The molecule has 2 N–H and O–H groups in total. The van der Waals surface area contributed by atoms with Crippen LogP contribution in [0.15, 0.2) is 42.0 Å². The first-order chi connectivity index (χ1) is 11.1. The van der Waals surface area contributed by atoms with E-state index in [1.165, 1.54) is 0 Å². The van der Waals surface area contributed by atoms with Gasteiger partial charge in [-0.1, -0.05) is 35.9 Å². The summed E-state index contributed by atoms with van der Waals surface area (Å²) in [4.78, 5) is 22.8. The van der Waals surface area contributed by atoms with Gasteiger partial charge in [0.25, 0.3) is 0 Å². The number of nitrogens with one attached hydrogen (secondary N) is 2. The van der Waals surface area contributed by atoms with Crippen molar-refractivity contribution in [2.24, 2.45) is 0 Å². The third-order valence-corrected chi connectivity index (χ3v) is 2.81. The third-order valence-electron chi connectivity index (χ3n) is 2.81. The number of allylic oxidation sites excluding steroid dienone is 1. The van der Waals surface area contributed by atoms with Crippen LogP contribution >= 0.6 is 0 Å². The number of rotatable bonds is 8. The van der Waals surface area contributed by atoms with E-state index in [2.05, 4.69) is 10.6 Å². The summed E-state index contributed by atoms with van der Waals surface area (Å²) in [5.41, 5.74) is 2.03. The summed E-state index contributed by atoms with van der Waals surface area (Å²) in [5.74, 6) is 0. The predicted octanol–water partition coefficient (Wildman–Crippen LogP) is 3.00. The molecule has 6 heteroatoms. The Morgan fingerprint density at radius 1 is 1.00 bits per heavy atom. The SMILES string of the molecule is CC(C)=CCOC(=O)NCCCNC(=O)OCc1ccccc1. The van der Waals surface area contributed by atoms with Gasteiger partial charge in [-0.2, -0.15) is 0 Å². The molecule has 0 saturated carbocycles. The van der Waals surface area contributed by atoms with Gasteiger partial charge in [0, 0.05) is 13.1 Å². The molecule has 0 heterocycles. The fraction of sp³-hybridized carbons (Fsp3) is 0.412. The zero-order chi connectivity index (χ0) is 16.9. The second kappa shape index (κ2) is 11.1. The maximum absolute atomic E-state index is 11.5. The lowest BCUT2D eigenvalue weighted by molar-refractivity contribution is 0.139. The zero-order valence-electron chi connectivity index (χ0n) is 13.6. The van der Waals surface area contributed by atoms with Crippen molar-refractivity contribution >= 4 is 12.2 Å². The standard InChI is InChI=1S/C17H24N2O4/c1-14(2)9-12-22-16(20)18-10-6-11-19-17(21)23-13-15-7-4-3-5-8-15/h3-5,7-9H,6,10-13H2,1-2H3,(H,18,20)(H,19,21). The topological polar surface area (TPSA) is 76.7 Å². The lowest BCUT2D eigenvalue weighted by Gasteiger charge is -2.08. The maximum atomic E-state index is 11.5. The van der Waals surface area contributed by atoms with Crippen LogP contribution in [-0.4, -0.2) is 31.9 Å². The van der Waals surface area contributed by atoms with Gasteiger partial charge in [0.15, 0.2) is 0 Å². The Morgan fingerprint density at radius 2 is 1.61 bits per heavy atom. The molecule has 0 aliphatic rings. The molecule has 1 aromatic rings. The van der Waals surface area contributed by atoms with E-state index in [0.717, 1.165) is 11.1 Å². The molecule has 0 fully saturated rings. The second-order valence-corrected chi connectivity index (χ2v) is 5.15. The number of hydrogen-bond acceptors (Lipinski definition) is 4. The Labute approximate surface area is 136 Å². The van der Waals surface area contributed by atoms with Gasteiger partial charge < -0.3 is 20.1 Å². The van der Waals surface area contributed by atoms with Crippen molar-refractivity contribution in [2.45, 2.75) is 26.9 Å². The average molecular weight is 320 g/mol. The molecule has 126 valence electrons. The largest absolute Gasteiger partial charge is 0.445 e. The molecule has 23 heavy (non-hydrogen) atoms. The summed E-state index contributed by atoms with van der Waals surface area (Å²) in [6, 6.07) is 9.45. The van der Waals surface area contributed by atoms with Gasteiger partial charge in [0.1, 0.15) is 13.2 Å². The van der Waals surface area contributed by atoms with E-state index < -0.39 is 12.2 Å². The van der Waals surface area contributed by atoms with Crippen LogP contribution in [-0.2, 0) is 16.1 Å². The van der Waals surface area contributed by atoms with Gasteiger partial charge in [-0.25, -0.2) is 9.59 Å². The van der Waals surface area contributed by atoms with Crippen LogP contribution in [0.3, 0.4) is 0 Å². The number of hydrogen-bond donors (Lipinski definition) is 2. The van der Waals surface area contributed by atoms with E-state index in [-0.39, 0.29) is 13.2 Å². The number of carbonyl (C=O) groups is 2. The molecular weight excluding hydrogens is 296 g/mol. The predicted molar refractivity (Wildman–Crippen MR) is 88.0 cm³/mol. The van der Waals surface area contributed by atoms with Crippen molar-refractivity contribution in [3.63, 3.8) is 0 Å². The normalized spacial score (nSPS) is 9.65. The summed E-state index contributed by atoms with van der Waals surface area (Å²) >= 11 is 0. The van der Waals surface area contributed by atoms with Crippen molar-refractivity contribution in [3.05, 3.63) is 47.5 Å². The highest BCUT2D eigenvalue weighted by molar-refractivity contribution is 5.67. The average Bonchev–Trinajstić information content (AvgIpc) is 2.53. The van der Waals surface area contributed by atoms with Crippen LogP contribution in [0, 0.1) is 0 Å². The molecular formula is C17H24N2O4. The lowest BCUT2D eigenvalue weighted by atomic mass is 10.2. The van der Waals surface area contributed by atoms with Gasteiger partial charge >= 0.3 is 12.2 Å². The molecule has 1 aromatic carbocycles. The summed E-state index contributed by atoms with van der Waals surface area (Å²) in [6.07, 6.45) is 1.48. The van der Waals surface area contributed by atoms with Crippen molar-refractivity contribution in [1.82, 2.24) is 10.6 Å². The summed E-state index contributed by atoms with van der Waals surface area (Å²) in [5, 5.41) is 5.23. The summed E-state index contributed by atoms with van der Waals surface area (Å²) in [6.45, 7) is 5.21. The van der Waals surface area contributed by atoms with E-state index in [9.17, 15) is 9.59 Å². The first-order valence-corrected chi connectivity index (χ1v) is 7.56. The van der Waals surface area contributed by atoms with E-state index in [1.54, 1.807) is 0 Å². The first-order valence-electron chi connectivity index (χ1n) is 7.56. The Hall–Kier alpha value is -2.50. The minimum Gasteiger partial charge on any atom is -0.445 e. The van der Waals surface area contributed by atoms with Crippen molar-refractivity contribution in [1.29, 1.82) is 0 Å². The van der Waals surface area contributed by atoms with Gasteiger partial charge in [0.05, 0.1) is 0 Å². The number of alkyl carbamates (subject to hydrolysis) is 2. The van der Waals surface area contributed by atoms with E-state index in [4.69, 9.17) is 9.47 Å². The molecule has 0 unspecified atom stereocenters. The highest BCUT2D eigenvalue weighted by atomic mass is 16.6. The van der Waals surface area contributed by atoms with Crippen molar-refractivity contribution in [2.75, 3.05) is 19.7 Å². The van der Waals surface area contributed by atoms with E-state index in [1.807, 2.05) is 50.3 Å². The molecule has 0 atom stereocenters. The van der Waals surface area contributed by atoms with Crippen LogP contribution in [0.1, 0.15) is 25.8 Å². The van der Waals surface area contributed by atoms with Crippen LogP contribution in [0.25, 0.3) is 0 Å².